The van der Waals surface area contributed by atoms with Gasteiger partial charge in [-0.15, -0.1) is 0 Å². The third kappa shape index (κ3) is 1.69. The maximum atomic E-state index is 2.26. The molecule has 0 saturated carbocycles. The average Bonchev–Trinajstić information content (AvgIpc) is 2.46. The molecule has 0 unspecified atom stereocenters. The van der Waals surface area contributed by atoms with Gasteiger partial charge in [0.1, 0.15) is 0 Å². The molecule has 0 saturated heterocycles. The Morgan fingerprint density at radius 2 is 1.30 bits per heavy atom. The van der Waals surface area contributed by atoms with Crippen molar-refractivity contribution in [1.29, 1.82) is 0 Å². The highest BCUT2D eigenvalue weighted by Gasteiger charge is 2.11. The summed E-state index contributed by atoms with van der Waals surface area (Å²) in [5, 5.41) is 8.12. The summed E-state index contributed by atoms with van der Waals surface area (Å²) in [5.41, 5.74) is 0. The van der Waals surface area contributed by atoms with Gasteiger partial charge in [-0.05, 0) is 64.4 Å². The van der Waals surface area contributed by atoms with E-state index >= 15 is 0 Å². The maximum Gasteiger partial charge on any atom is 0.0309 e. The summed E-state index contributed by atoms with van der Waals surface area (Å²) in [5.74, 6) is 0. The number of rotatable bonds is 2. The summed E-state index contributed by atoms with van der Waals surface area (Å²) in [6.07, 6.45) is 0. The maximum absolute atomic E-state index is 2.26. The first-order chi connectivity index (χ1) is 9.74. The van der Waals surface area contributed by atoms with Crippen molar-refractivity contribution in [3.8, 4) is 0 Å². The average molecular weight is 277 g/mol. The molecule has 0 aliphatic carbocycles. The summed E-state index contributed by atoms with van der Waals surface area (Å²) < 4.78 is 2.14. The fourth-order valence-corrected chi connectivity index (χ4v) is 3.78. The minimum Gasteiger partial charge on any atom is -0.253 e. The first-order valence-electron chi connectivity index (χ1n) is 6.76. The van der Waals surface area contributed by atoms with Gasteiger partial charge in [0.2, 0.25) is 0 Å². The van der Waals surface area contributed by atoms with Gasteiger partial charge in [-0.25, -0.2) is 0 Å². The van der Waals surface area contributed by atoms with Crippen LogP contribution in [-0.2, 0) is 0 Å². The molecule has 0 aromatic heterocycles. The Morgan fingerprint density at radius 1 is 0.700 bits per heavy atom. The predicted molar refractivity (Wildman–Crippen MR) is 89.7 cm³/mol. The van der Waals surface area contributed by atoms with E-state index in [0.29, 0.717) is 0 Å². The van der Waals surface area contributed by atoms with E-state index in [9.17, 15) is 0 Å². The molecule has 4 rings (SSSR count). The van der Waals surface area contributed by atoms with Crippen LogP contribution >= 0.6 is 11.9 Å². The summed E-state index contributed by atoms with van der Waals surface area (Å²) >= 11 is 1.78. The third-order valence-electron chi connectivity index (χ3n) is 3.77. The SMILES string of the molecule is CN(C)Sc1ccc2ccc3cccc4ccc1c2c34. The Bertz CT molecular complexity index is 895. The molecule has 2 heteroatoms. The van der Waals surface area contributed by atoms with Gasteiger partial charge in [0.05, 0.1) is 0 Å². The van der Waals surface area contributed by atoms with Gasteiger partial charge in [0.25, 0.3) is 0 Å². The molecular formula is C18H15NS. The molecule has 98 valence electrons. The molecular weight excluding hydrogens is 262 g/mol. The quantitative estimate of drug-likeness (QED) is 0.368. The molecule has 0 aliphatic rings. The molecule has 0 spiro atoms. The van der Waals surface area contributed by atoms with Gasteiger partial charge in [-0.3, -0.25) is 4.31 Å². The van der Waals surface area contributed by atoms with Crippen molar-refractivity contribution in [3.05, 3.63) is 54.6 Å². The van der Waals surface area contributed by atoms with Crippen molar-refractivity contribution in [1.82, 2.24) is 4.31 Å². The van der Waals surface area contributed by atoms with Gasteiger partial charge in [0, 0.05) is 4.90 Å². The zero-order chi connectivity index (χ0) is 13.7. The molecule has 1 nitrogen and oxygen atoms in total. The zero-order valence-corrected chi connectivity index (χ0v) is 12.4. The molecule has 0 aliphatic heterocycles. The Morgan fingerprint density at radius 3 is 2.00 bits per heavy atom. The van der Waals surface area contributed by atoms with Crippen LogP contribution in [0.4, 0.5) is 0 Å². The molecule has 20 heavy (non-hydrogen) atoms. The standard InChI is InChI=1S/C18H15NS/c1-19(2)20-16-11-9-14-7-6-12-4-3-5-13-8-10-15(16)18(14)17(12)13/h3-11H,1-2H3. The van der Waals surface area contributed by atoms with Crippen LogP contribution in [0.15, 0.2) is 59.5 Å². The fraction of sp³-hybridized carbons (Fsp3) is 0.111. The van der Waals surface area contributed by atoms with Gasteiger partial charge in [0.15, 0.2) is 0 Å². The van der Waals surface area contributed by atoms with E-state index in [1.807, 2.05) is 0 Å². The highest BCUT2D eigenvalue weighted by molar-refractivity contribution is 7.97. The summed E-state index contributed by atoms with van der Waals surface area (Å²) in [6, 6.07) is 20.0. The fourth-order valence-electron chi connectivity index (χ4n) is 2.98. The second-order valence-electron chi connectivity index (χ2n) is 5.32. The van der Waals surface area contributed by atoms with Crippen LogP contribution in [0.1, 0.15) is 0 Å². The Kier molecular flexibility index (Phi) is 2.62. The Balaban J connectivity index is 2.20. The topological polar surface area (TPSA) is 3.24 Å². The van der Waals surface area contributed by atoms with Crippen molar-refractivity contribution >= 4 is 44.3 Å². The van der Waals surface area contributed by atoms with Crippen LogP contribution < -0.4 is 0 Å². The van der Waals surface area contributed by atoms with E-state index in [1.54, 1.807) is 11.9 Å². The first-order valence-corrected chi connectivity index (χ1v) is 7.53. The van der Waals surface area contributed by atoms with Crippen molar-refractivity contribution in [2.24, 2.45) is 0 Å². The Hall–Kier alpha value is -1.77. The van der Waals surface area contributed by atoms with Crippen LogP contribution in [0.3, 0.4) is 0 Å². The summed E-state index contributed by atoms with van der Waals surface area (Å²) in [6.45, 7) is 0. The van der Waals surface area contributed by atoms with Gasteiger partial charge >= 0.3 is 0 Å². The number of hydrogen-bond acceptors (Lipinski definition) is 2. The van der Waals surface area contributed by atoms with Crippen molar-refractivity contribution < 1.29 is 0 Å². The normalized spacial score (nSPS) is 12.2. The Labute approximate surface area is 122 Å². The second kappa shape index (κ2) is 4.37. The van der Waals surface area contributed by atoms with Crippen LogP contribution in [0.2, 0.25) is 0 Å². The number of hydrogen-bond donors (Lipinski definition) is 0. The van der Waals surface area contributed by atoms with E-state index in [2.05, 4.69) is 73.0 Å². The van der Waals surface area contributed by atoms with E-state index < -0.39 is 0 Å². The van der Waals surface area contributed by atoms with Crippen molar-refractivity contribution in [3.63, 3.8) is 0 Å². The summed E-state index contributed by atoms with van der Waals surface area (Å²) in [4.78, 5) is 1.32. The molecule has 0 N–H and O–H groups in total. The van der Waals surface area contributed by atoms with E-state index in [-0.39, 0.29) is 0 Å². The highest BCUT2D eigenvalue weighted by Crippen LogP contribution is 2.38. The van der Waals surface area contributed by atoms with E-state index in [1.165, 1.54) is 37.2 Å². The predicted octanol–water partition coefficient (Wildman–Crippen LogP) is 5.15. The molecule has 0 radical (unpaired) electrons. The van der Waals surface area contributed by atoms with E-state index in [4.69, 9.17) is 0 Å². The minimum absolute atomic E-state index is 1.32. The smallest absolute Gasteiger partial charge is 0.0309 e. The first kappa shape index (κ1) is 12.0. The molecule has 0 atom stereocenters. The lowest BCUT2D eigenvalue weighted by Crippen LogP contribution is -1.99. The summed E-state index contributed by atoms with van der Waals surface area (Å²) in [7, 11) is 4.17. The molecule has 0 amide bonds. The molecule has 0 bridgehead atoms. The van der Waals surface area contributed by atoms with Crippen molar-refractivity contribution in [2.75, 3.05) is 14.1 Å². The minimum atomic E-state index is 1.32. The monoisotopic (exact) mass is 277 g/mol. The molecule has 0 fully saturated rings. The lowest BCUT2D eigenvalue weighted by Gasteiger charge is -2.15. The lowest BCUT2D eigenvalue weighted by molar-refractivity contribution is 0.703. The second-order valence-corrected chi connectivity index (χ2v) is 6.68. The van der Waals surface area contributed by atoms with Gasteiger partial charge < -0.3 is 0 Å². The largest absolute Gasteiger partial charge is 0.253 e. The van der Waals surface area contributed by atoms with Gasteiger partial charge in [-0.1, -0.05) is 48.5 Å². The van der Waals surface area contributed by atoms with Crippen LogP contribution in [0, 0.1) is 0 Å². The molecule has 4 aromatic carbocycles. The molecule has 0 heterocycles. The van der Waals surface area contributed by atoms with Crippen molar-refractivity contribution in [2.45, 2.75) is 4.90 Å². The van der Waals surface area contributed by atoms with Gasteiger partial charge in [-0.2, -0.15) is 0 Å². The third-order valence-corrected chi connectivity index (χ3v) is 4.69. The zero-order valence-electron chi connectivity index (χ0n) is 11.6. The lowest BCUT2D eigenvalue weighted by atomic mass is 9.94. The number of nitrogens with zero attached hydrogens (tertiary/aromatic N) is 1. The van der Waals surface area contributed by atoms with Crippen LogP contribution in [0.5, 0.6) is 0 Å². The number of benzene rings is 4. The highest BCUT2D eigenvalue weighted by atomic mass is 32.2. The molecule has 4 aromatic rings. The van der Waals surface area contributed by atoms with E-state index in [0.717, 1.165) is 0 Å². The van der Waals surface area contributed by atoms with Crippen LogP contribution in [-0.4, -0.2) is 18.4 Å². The van der Waals surface area contributed by atoms with Crippen LogP contribution in [0.25, 0.3) is 32.3 Å².